The van der Waals surface area contributed by atoms with Gasteiger partial charge in [-0.25, -0.2) is 0 Å². The van der Waals surface area contributed by atoms with Gasteiger partial charge in [0.15, 0.2) is 5.84 Å². The maximum atomic E-state index is 8.69. The molecule has 0 unspecified atom stereocenters. The van der Waals surface area contributed by atoms with Crippen LogP contribution in [-0.2, 0) is 6.54 Å². The first kappa shape index (κ1) is 16.1. The van der Waals surface area contributed by atoms with E-state index in [9.17, 15) is 0 Å². The van der Waals surface area contributed by atoms with Crippen LogP contribution in [0.4, 0.5) is 0 Å². The minimum Gasteiger partial charge on any atom is -0.409 e. The zero-order chi connectivity index (χ0) is 15.2. The predicted molar refractivity (Wildman–Crippen MR) is 86.9 cm³/mol. The topological polar surface area (TPSA) is 61.8 Å². The smallest absolute Gasteiger partial charge is 0.170 e. The van der Waals surface area contributed by atoms with Gasteiger partial charge < -0.3 is 15.8 Å². The van der Waals surface area contributed by atoms with Crippen LogP contribution in [0.5, 0.6) is 0 Å². The van der Waals surface area contributed by atoms with Gasteiger partial charge in [0.2, 0.25) is 0 Å². The van der Waals surface area contributed by atoms with Crippen LogP contribution in [0.2, 0.25) is 5.02 Å². The number of amidine groups is 1. The molecule has 0 radical (unpaired) electrons. The lowest BCUT2D eigenvalue weighted by atomic mass is 9.89. The Bertz CT molecular complexity index is 498. The number of nitrogens with two attached hydrogens (primary N) is 1. The molecule has 21 heavy (non-hydrogen) atoms. The fraction of sp³-hybridized carbons (Fsp3) is 0.562. The number of oxime groups is 1. The summed E-state index contributed by atoms with van der Waals surface area (Å²) in [4.78, 5) is 2.33. The van der Waals surface area contributed by atoms with E-state index in [1.54, 1.807) is 6.07 Å². The second-order valence-corrected chi connectivity index (χ2v) is 6.40. The van der Waals surface area contributed by atoms with E-state index in [1.165, 1.54) is 32.1 Å². The van der Waals surface area contributed by atoms with Gasteiger partial charge in [0.1, 0.15) is 0 Å². The Labute approximate surface area is 131 Å². The lowest BCUT2D eigenvalue weighted by molar-refractivity contribution is 0.228. The van der Waals surface area contributed by atoms with Crippen LogP contribution in [0.15, 0.2) is 23.4 Å². The van der Waals surface area contributed by atoms with E-state index in [-0.39, 0.29) is 5.84 Å². The lowest BCUT2D eigenvalue weighted by Crippen LogP contribution is -2.26. The van der Waals surface area contributed by atoms with Crippen LogP contribution in [0, 0.1) is 5.92 Å². The highest BCUT2D eigenvalue weighted by Gasteiger charge is 2.16. The van der Waals surface area contributed by atoms with Crippen molar-refractivity contribution in [1.82, 2.24) is 4.90 Å². The first-order valence-electron chi connectivity index (χ1n) is 7.55. The van der Waals surface area contributed by atoms with E-state index in [0.29, 0.717) is 10.6 Å². The summed E-state index contributed by atoms with van der Waals surface area (Å²) in [6.07, 6.45) is 6.82. The van der Waals surface area contributed by atoms with E-state index < -0.39 is 0 Å². The molecule has 1 aliphatic carbocycles. The van der Waals surface area contributed by atoms with Crippen LogP contribution in [-0.4, -0.2) is 29.5 Å². The third-order valence-corrected chi connectivity index (χ3v) is 4.54. The van der Waals surface area contributed by atoms with Crippen molar-refractivity contribution in [2.24, 2.45) is 16.8 Å². The second-order valence-electron chi connectivity index (χ2n) is 5.99. The number of hydrogen-bond donors (Lipinski definition) is 2. The first-order chi connectivity index (χ1) is 10.1. The monoisotopic (exact) mass is 309 g/mol. The molecule has 0 heterocycles. The van der Waals surface area contributed by atoms with Gasteiger partial charge in [-0.05, 0) is 37.4 Å². The summed E-state index contributed by atoms with van der Waals surface area (Å²) in [5.41, 5.74) is 7.28. The van der Waals surface area contributed by atoms with Gasteiger partial charge in [-0.15, -0.1) is 0 Å². The normalized spacial score (nSPS) is 17.4. The molecule has 4 nitrogen and oxygen atoms in total. The van der Waals surface area contributed by atoms with Crippen LogP contribution >= 0.6 is 11.6 Å². The molecule has 0 aliphatic heterocycles. The first-order valence-corrected chi connectivity index (χ1v) is 7.93. The molecule has 0 amide bonds. The average molecular weight is 310 g/mol. The summed E-state index contributed by atoms with van der Waals surface area (Å²) >= 11 is 6.30. The van der Waals surface area contributed by atoms with Gasteiger partial charge in [-0.2, -0.15) is 0 Å². The Morgan fingerprint density at radius 2 is 2.10 bits per heavy atom. The largest absolute Gasteiger partial charge is 0.409 e. The van der Waals surface area contributed by atoms with Crippen molar-refractivity contribution in [3.8, 4) is 0 Å². The van der Waals surface area contributed by atoms with Gasteiger partial charge in [-0.1, -0.05) is 48.2 Å². The summed E-state index contributed by atoms with van der Waals surface area (Å²) in [6.45, 7) is 1.95. The predicted octanol–water partition coefficient (Wildman–Crippen LogP) is 3.45. The Balaban J connectivity index is 1.95. The van der Waals surface area contributed by atoms with Crippen molar-refractivity contribution in [3.63, 3.8) is 0 Å². The van der Waals surface area contributed by atoms with Crippen molar-refractivity contribution in [1.29, 1.82) is 0 Å². The van der Waals surface area contributed by atoms with E-state index >= 15 is 0 Å². The quantitative estimate of drug-likeness (QED) is 0.379. The third kappa shape index (κ3) is 4.61. The van der Waals surface area contributed by atoms with Crippen LogP contribution < -0.4 is 5.73 Å². The Kier molecular flexibility index (Phi) is 5.88. The van der Waals surface area contributed by atoms with Crippen molar-refractivity contribution in [2.75, 3.05) is 13.6 Å². The molecule has 0 atom stereocenters. The fourth-order valence-corrected chi connectivity index (χ4v) is 3.30. The molecule has 0 aromatic heterocycles. The molecule has 1 aliphatic rings. The van der Waals surface area contributed by atoms with Crippen molar-refractivity contribution >= 4 is 17.4 Å². The molecule has 1 fully saturated rings. The summed E-state index contributed by atoms with van der Waals surface area (Å²) < 4.78 is 0. The fourth-order valence-electron chi connectivity index (χ4n) is 3.06. The van der Waals surface area contributed by atoms with E-state index in [0.717, 1.165) is 24.6 Å². The van der Waals surface area contributed by atoms with Gasteiger partial charge in [0.05, 0.1) is 0 Å². The minimum atomic E-state index is 0.0824. The minimum absolute atomic E-state index is 0.0824. The molecular weight excluding hydrogens is 286 g/mol. The molecular formula is C16H24ClN3O. The second kappa shape index (κ2) is 7.66. The maximum absolute atomic E-state index is 8.69. The number of nitrogens with zero attached hydrogens (tertiary/aromatic N) is 2. The Morgan fingerprint density at radius 3 is 2.71 bits per heavy atom. The zero-order valence-corrected chi connectivity index (χ0v) is 13.3. The average Bonchev–Trinajstić information content (AvgIpc) is 2.49. The summed E-state index contributed by atoms with van der Waals surface area (Å²) in [6, 6.07) is 5.54. The highest BCUT2D eigenvalue weighted by atomic mass is 35.5. The van der Waals surface area contributed by atoms with Gasteiger partial charge in [0, 0.05) is 23.7 Å². The Morgan fingerprint density at radius 1 is 1.38 bits per heavy atom. The summed E-state index contributed by atoms with van der Waals surface area (Å²) in [5, 5.41) is 12.3. The number of halogens is 1. The lowest BCUT2D eigenvalue weighted by Gasteiger charge is -2.27. The number of hydrogen-bond acceptors (Lipinski definition) is 3. The summed E-state index contributed by atoms with van der Waals surface area (Å²) in [5.74, 6) is 0.901. The molecule has 1 aromatic rings. The van der Waals surface area contributed by atoms with Crippen molar-refractivity contribution < 1.29 is 5.21 Å². The SMILES string of the molecule is CN(Cc1ccc(/C(N)=N/O)cc1Cl)CC1CCCCC1. The number of rotatable bonds is 5. The van der Waals surface area contributed by atoms with Gasteiger partial charge in [-0.3, -0.25) is 0 Å². The van der Waals surface area contributed by atoms with Gasteiger partial charge >= 0.3 is 0 Å². The molecule has 0 bridgehead atoms. The molecule has 2 rings (SSSR count). The van der Waals surface area contributed by atoms with E-state index in [1.807, 2.05) is 12.1 Å². The molecule has 1 aromatic carbocycles. The zero-order valence-electron chi connectivity index (χ0n) is 12.6. The van der Waals surface area contributed by atoms with Gasteiger partial charge in [0.25, 0.3) is 0 Å². The molecule has 1 saturated carbocycles. The van der Waals surface area contributed by atoms with Crippen molar-refractivity contribution in [2.45, 2.75) is 38.6 Å². The summed E-state index contributed by atoms with van der Waals surface area (Å²) in [7, 11) is 2.14. The molecule has 0 saturated heterocycles. The molecule has 0 spiro atoms. The van der Waals surface area contributed by atoms with E-state index in [2.05, 4.69) is 17.1 Å². The number of benzene rings is 1. The van der Waals surface area contributed by atoms with Crippen LogP contribution in [0.1, 0.15) is 43.2 Å². The highest BCUT2D eigenvalue weighted by Crippen LogP contribution is 2.25. The van der Waals surface area contributed by atoms with Crippen molar-refractivity contribution in [3.05, 3.63) is 34.3 Å². The Hall–Kier alpha value is -1.26. The van der Waals surface area contributed by atoms with Crippen LogP contribution in [0.3, 0.4) is 0 Å². The van der Waals surface area contributed by atoms with Crippen LogP contribution in [0.25, 0.3) is 0 Å². The third-order valence-electron chi connectivity index (χ3n) is 4.19. The molecule has 5 heteroatoms. The van der Waals surface area contributed by atoms with E-state index in [4.69, 9.17) is 22.5 Å². The molecule has 116 valence electrons. The highest BCUT2D eigenvalue weighted by molar-refractivity contribution is 6.31. The standard InChI is InChI=1S/C16H24ClN3O/c1-20(10-12-5-3-2-4-6-12)11-14-8-7-13(9-15(14)17)16(18)19-21/h7-9,12,21H,2-6,10-11H2,1H3,(H2,18,19). The maximum Gasteiger partial charge on any atom is 0.170 e. The molecule has 3 N–H and O–H groups in total.